The van der Waals surface area contributed by atoms with Crippen LogP contribution in [-0.2, 0) is 13.1 Å². The first kappa shape index (κ1) is 13.8. The van der Waals surface area contributed by atoms with Gasteiger partial charge in [0.05, 0.1) is 12.7 Å². The summed E-state index contributed by atoms with van der Waals surface area (Å²) in [6.45, 7) is 7.28. The molecule has 0 spiro atoms. The van der Waals surface area contributed by atoms with Crippen molar-refractivity contribution in [1.29, 1.82) is 0 Å². The summed E-state index contributed by atoms with van der Waals surface area (Å²) in [5.74, 6) is 0.828. The first-order valence-corrected chi connectivity index (χ1v) is 6.67. The molecule has 0 atom stereocenters. The zero-order valence-corrected chi connectivity index (χ0v) is 12.1. The van der Waals surface area contributed by atoms with Crippen molar-refractivity contribution in [2.45, 2.75) is 39.8 Å². The number of aromatic nitrogens is 4. The van der Waals surface area contributed by atoms with Crippen molar-refractivity contribution in [2.75, 3.05) is 0 Å². The van der Waals surface area contributed by atoms with E-state index < -0.39 is 0 Å². The van der Waals surface area contributed by atoms with Crippen LogP contribution < -0.4 is 5.56 Å². The summed E-state index contributed by atoms with van der Waals surface area (Å²) in [5, 5.41) is 4.45. The van der Waals surface area contributed by atoms with Gasteiger partial charge in [0.1, 0.15) is 11.0 Å². The quantitative estimate of drug-likeness (QED) is 0.808. The van der Waals surface area contributed by atoms with Gasteiger partial charge in [0.15, 0.2) is 0 Å². The third-order valence-electron chi connectivity index (χ3n) is 2.87. The Morgan fingerprint density at radius 1 is 1.42 bits per heavy atom. The van der Waals surface area contributed by atoms with Gasteiger partial charge in [-0.25, -0.2) is 4.98 Å². The second-order valence-electron chi connectivity index (χ2n) is 4.72. The zero-order chi connectivity index (χ0) is 14.0. The lowest BCUT2D eigenvalue weighted by molar-refractivity contribution is 0.622. The van der Waals surface area contributed by atoms with Gasteiger partial charge in [0.2, 0.25) is 0 Å². The summed E-state index contributed by atoms with van der Waals surface area (Å²) < 4.78 is 3.48. The van der Waals surface area contributed by atoms with E-state index in [9.17, 15) is 4.79 Å². The van der Waals surface area contributed by atoms with Crippen molar-refractivity contribution < 1.29 is 0 Å². The fourth-order valence-electron chi connectivity index (χ4n) is 1.94. The molecule has 2 aromatic rings. The van der Waals surface area contributed by atoms with Gasteiger partial charge in [-0.2, -0.15) is 5.10 Å². The van der Waals surface area contributed by atoms with Gasteiger partial charge in [-0.15, -0.1) is 0 Å². The highest BCUT2D eigenvalue weighted by atomic mass is 35.5. The van der Waals surface area contributed by atoms with Gasteiger partial charge in [0.25, 0.3) is 5.56 Å². The van der Waals surface area contributed by atoms with Crippen LogP contribution in [0.4, 0.5) is 0 Å². The summed E-state index contributed by atoms with van der Waals surface area (Å²) in [5.41, 5.74) is 0.850. The molecule has 0 amide bonds. The Labute approximate surface area is 116 Å². The Kier molecular flexibility index (Phi) is 4.04. The highest BCUT2D eigenvalue weighted by molar-refractivity contribution is 6.29. The van der Waals surface area contributed by atoms with E-state index in [-0.39, 0.29) is 16.6 Å². The second-order valence-corrected chi connectivity index (χ2v) is 5.11. The highest BCUT2D eigenvalue weighted by Gasteiger charge is 2.12. The van der Waals surface area contributed by atoms with Gasteiger partial charge in [-0.1, -0.05) is 25.4 Å². The third-order valence-corrected chi connectivity index (χ3v) is 3.07. The van der Waals surface area contributed by atoms with Crippen LogP contribution in [0.2, 0.25) is 5.15 Å². The van der Waals surface area contributed by atoms with Gasteiger partial charge in [-0.3, -0.25) is 14.0 Å². The predicted molar refractivity (Wildman–Crippen MR) is 74.6 cm³/mol. The first-order valence-electron chi connectivity index (χ1n) is 6.30. The van der Waals surface area contributed by atoms with Crippen LogP contribution in [0.5, 0.6) is 0 Å². The molecule has 0 N–H and O–H groups in total. The second kappa shape index (κ2) is 5.57. The zero-order valence-electron chi connectivity index (χ0n) is 11.3. The molecule has 2 heterocycles. The van der Waals surface area contributed by atoms with Gasteiger partial charge >= 0.3 is 0 Å². The molecular weight excluding hydrogens is 264 g/mol. The third kappa shape index (κ3) is 3.04. The minimum absolute atomic E-state index is 0.132. The average Bonchev–Trinajstić information content (AvgIpc) is 2.79. The fourth-order valence-corrected chi connectivity index (χ4v) is 2.12. The van der Waals surface area contributed by atoms with Crippen LogP contribution in [-0.4, -0.2) is 19.3 Å². The van der Waals surface area contributed by atoms with Crippen LogP contribution in [0.3, 0.4) is 0 Å². The Balaban J connectivity index is 2.41. The Bertz CT molecular complexity index is 630. The van der Waals surface area contributed by atoms with Crippen LogP contribution in [0, 0.1) is 0 Å². The van der Waals surface area contributed by atoms with Crippen LogP contribution >= 0.6 is 11.6 Å². The predicted octanol–water partition coefficient (Wildman–Crippen LogP) is 2.28. The minimum Gasteiger partial charge on any atom is -0.292 e. The summed E-state index contributed by atoms with van der Waals surface area (Å²) in [4.78, 5) is 16.3. The van der Waals surface area contributed by atoms with Gasteiger partial charge in [-0.05, 0) is 6.92 Å². The number of rotatable bonds is 4. The number of halogens is 1. The molecule has 0 saturated heterocycles. The Morgan fingerprint density at radius 2 is 2.16 bits per heavy atom. The molecule has 2 rings (SSSR count). The van der Waals surface area contributed by atoms with E-state index in [1.165, 1.54) is 6.07 Å². The molecular formula is C13H17ClN4O. The van der Waals surface area contributed by atoms with Crippen LogP contribution in [0.1, 0.15) is 38.1 Å². The lowest BCUT2D eigenvalue weighted by atomic mass is 10.2. The number of hydrogen-bond donors (Lipinski definition) is 0. The maximum absolute atomic E-state index is 12.1. The lowest BCUT2D eigenvalue weighted by Gasteiger charge is -2.13. The number of hydrogen-bond acceptors (Lipinski definition) is 3. The Morgan fingerprint density at radius 3 is 2.74 bits per heavy atom. The maximum atomic E-state index is 12.1. The van der Waals surface area contributed by atoms with Crippen molar-refractivity contribution in [2.24, 2.45) is 0 Å². The van der Waals surface area contributed by atoms with Gasteiger partial charge < -0.3 is 0 Å². The molecule has 0 aliphatic heterocycles. The van der Waals surface area contributed by atoms with E-state index in [4.69, 9.17) is 11.6 Å². The molecule has 0 aliphatic rings. The van der Waals surface area contributed by atoms with E-state index in [0.29, 0.717) is 12.4 Å². The summed E-state index contributed by atoms with van der Waals surface area (Å²) in [6, 6.07) is 1.34. The number of nitrogens with zero attached hydrogens (tertiary/aromatic N) is 4. The molecule has 0 unspecified atom stereocenters. The van der Waals surface area contributed by atoms with Gasteiger partial charge in [0, 0.05) is 30.3 Å². The average molecular weight is 281 g/mol. The van der Waals surface area contributed by atoms with Crippen molar-refractivity contribution >= 4 is 11.6 Å². The minimum atomic E-state index is -0.132. The van der Waals surface area contributed by atoms with E-state index in [0.717, 1.165) is 12.1 Å². The molecule has 19 heavy (non-hydrogen) atoms. The van der Waals surface area contributed by atoms with Crippen LogP contribution in [0.25, 0.3) is 0 Å². The molecule has 0 aliphatic carbocycles. The van der Waals surface area contributed by atoms with Crippen molar-refractivity contribution in [3.63, 3.8) is 0 Å². The molecule has 2 aromatic heterocycles. The van der Waals surface area contributed by atoms with Crippen LogP contribution in [0.15, 0.2) is 23.3 Å². The summed E-state index contributed by atoms with van der Waals surface area (Å²) in [6.07, 6.45) is 3.71. The van der Waals surface area contributed by atoms with Crippen molar-refractivity contribution in [1.82, 2.24) is 19.3 Å². The molecule has 0 aromatic carbocycles. The normalized spacial score (nSPS) is 11.2. The Hall–Kier alpha value is -1.62. The fraction of sp³-hybridized carbons (Fsp3) is 0.462. The van der Waals surface area contributed by atoms with Crippen molar-refractivity contribution in [3.05, 3.63) is 45.4 Å². The largest absolute Gasteiger partial charge is 0.292 e. The standard InChI is InChI=1S/C13H17ClN4O/c1-4-17-7-10(6-15-17)8-18-12(19)5-11(14)16-13(18)9(2)3/h5-7,9H,4,8H2,1-3H3. The highest BCUT2D eigenvalue weighted by Crippen LogP contribution is 2.14. The summed E-state index contributed by atoms with van der Waals surface area (Å²) in [7, 11) is 0. The topological polar surface area (TPSA) is 52.7 Å². The monoisotopic (exact) mass is 280 g/mol. The molecule has 5 nitrogen and oxygen atoms in total. The lowest BCUT2D eigenvalue weighted by Crippen LogP contribution is -2.25. The van der Waals surface area contributed by atoms with Crippen molar-refractivity contribution in [3.8, 4) is 0 Å². The smallest absolute Gasteiger partial charge is 0.255 e. The number of aryl methyl sites for hydroxylation is 1. The molecule has 0 radical (unpaired) electrons. The molecule has 0 bridgehead atoms. The SMILES string of the molecule is CCn1cc(Cn2c(C(C)C)nc(Cl)cc2=O)cn1. The first-order chi connectivity index (χ1) is 9.01. The maximum Gasteiger partial charge on any atom is 0.255 e. The molecule has 0 fully saturated rings. The molecule has 6 heteroatoms. The molecule has 102 valence electrons. The van der Waals surface area contributed by atoms with E-state index in [1.807, 2.05) is 31.6 Å². The molecule has 0 saturated carbocycles. The summed E-state index contributed by atoms with van der Waals surface area (Å²) >= 11 is 5.85. The van der Waals surface area contributed by atoms with E-state index in [1.54, 1.807) is 10.8 Å². The van der Waals surface area contributed by atoms with E-state index >= 15 is 0 Å². The van der Waals surface area contributed by atoms with E-state index in [2.05, 4.69) is 10.1 Å².